The minimum Gasteiger partial charge on any atom is -0.444 e. The number of rotatable bonds is 4. The third-order valence-corrected chi connectivity index (χ3v) is 5.46. The molecule has 0 spiro atoms. The molecule has 1 aromatic rings. The number of nitrogens with zero attached hydrogens (tertiary/aromatic N) is 3. The van der Waals surface area contributed by atoms with Crippen LogP contribution in [0.15, 0.2) is 4.42 Å². The molecule has 1 amide bonds. The lowest BCUT2D eigenvalue weighted by Gasteiger charge is -2.40. The second kappa shape index (κ2) is 7.87. The monoisotopic (exact) mass is 349 g/mol. The molecule has 0 radical (unpaired) electrons. The molecule has 2 saturated heterocycles. The predicted octanol–water partition coefficient (Wildman–Crippen LogP) is 2.39. The van der Waals surface area contributed by atoms with Crippen molar-refractivity contribution in [1.29, 1.82) is 0 Å². The summed E-state index contributed by atoms with van der Waals surface area (Å²) >= 11 is 0. The number of oxazole rings is 1. The number of piperazine rings is 1. The van der Waals surface area contributed by atoms with E-state index in [0.717, 1.165) is 69.5 Å². The molecule has 6 heteroatoms. The second-order valence-corrected chi connectivity index (χ2v) is 7.68. The van der Waals surface area contributed by atoms with Gasteiger partial charge in [0.1, 0.15) is 5.76 Å². The van der Waals surface area contributed by atoms with E-state index >= 15 is 0 Å². The maximum Gasteiger partial charge on any atom is 0.228 e. The SMILES string of the molecule is Cc1nc(CN2CCN(C(=O)C3CCCOC3C(C)C)CC2)oc1C. The van der Waals surface area contributed by atoms with Crippen LogP contribution in [0.4, 0.5) is 0 Å². The summed E-state index contributed by atoms with van der Waals surface area (Å²) in [4.78, 5) is 21.8. The van der Waals surface area contributed by atoms with E-state index < -0.39 is 0 Å². The summed E-state index contributed by atoms with van der Waals surface area (Å²) < 4.78 is 11.6. The molecule has 2 aliphatic rings. The molecule has 0 saturated carbocycles. The number of carbonyl (C=O) groups excluding carboxylic acids is 1. The van der Waals surface area contributed by atoms with Crippen molar-refractivity contribution in [2.24, 2.45) is 11.8 Å². The van der Waals surface area contributed by atoms with Crippen molar-refractivity contribution in [3.8, 4) is 0 Å². The first-order chi connectivity index (χ1) is 12.0. The topological polar surface area (TPSA) is 58.8 Å². The normalized spacial score (nSPS) is 25.6. The van der Waals surface area contributed by atoms with Crippen molar-refractivity contribution in [3.05, 3.63) is 17.3 Å². The quantitative estimate of drug-likeness (QED) is 0.835. The zero-order valence-corrected chi connectivity index (χ0v) is 16.0. The van der Waals surface area contributed by atoms with Gasteiger partial charge in [-0.15, -0.1) is 0 Å². The van der Waals surface area contributed by atoms with E-state index in [1.54, 1.807) is 0 Å². The second-order valence-electron chi connectivity index (χ2n) is 7.68. The Kier molecular flexibility index (Phi) is 5.79. The van der Waals surface area contributed by atoms with Gasteiger partial charge in [0, 0.05) is 32.8 Å². The molecule has 2 fully saturated rings. The molecule has 0 bridgehead atoms. The number of hydrogen-bond acceptors (Lipinski definition) is 5. The molecule has 0 aliphatic carbocycles. The van der Waals surface area contributed by atoms with Gasteiger partial charge >= 0.3 is 0 Å². The first kappa shape index (κ1) is 18.4. The lowest BCUT2D eigenvalue weighted by atomic mass is 9.86. The van der Waals surface area contributed by atoms with Gasteiger partial charge in [0.25, 0.3) is 0 Å². The summed E-state index contributed by atoms with van der Waals surface area (Å²) in [6, 6.07) is 0. The van der Waals surface area contributed by atoms with Gasteiger partial charge in [0.15, 0.2) is 0 Å². The predicted molar refractivity (Wildman–Crippen MR) is 95.1 cm³/mol. The number of hydrogen-bond donors (Lipinski definition) is 0. The molecule has 1 aromatic heterocycles. The van der Waals surface area contributed by atoms with Crippen molar-refractivity contribution in [2.45, 2.75) is 53.2 Å². The first-order valence-electron chi connectivity index (χ1n) is 9.51. The highest BCUT2D eigenvalue weighted by atomic mass is 16.5. The van der Waals surface area contributed by atoms with Crippen LogP contribution in [0.2, 0.25) is 0 Å². The van der Waals surface area contributed by atoms with Crippen LogP contribution < -0.4 is 0 Å². The summed E-state index contributed by atoms with van der Waals surface area (Å²) in [5.41, 5.74) is 0.959. The molecular weight excluding hydrogens is 318 g/mol. The van der Waals surface area contributed by atoms with E-state index in [9.17, 15) is 4.79 Å². The number of aromatic nitrogens is 1. The van der Waals surface area contributed by atoms with Gasteiger partial charge in [0.2, 0.25) is 11.8 Å². The van der Waals surface area contributed by atoms with Crippen LogP contribution in [-0.4, -0.2) is 59.6 Å². The molecule has 140 valence electrons. The third kappa shape index (κ3) is 4.23. The lowest BCUT2D eigenvalue weighted by Crippen LogP contribution is -2.53. The average molecular weight is 349 g/mol. The van der Waals surface area contributed by atoms with Crippen molar-refractivity contribution >= 4 is 5.91 Å². The Bertz CT molecular complexity index is 571. The van der Waals surface area contributed by atoms with Crippen LogP contribution in [0.25, 0.3) is 0 Å². The Labute approximate surface area is 150 Å². The molecule has 3 heterocycles. The number of carbonyl (C=O) groups is 1. The van der Waals surface area contributed by atoms with E-state index in [0.29, 0.717) is 5.92 Å². The Morgan fingerprint density at radius 2 is 1.96 bits per heavy atom. The molecule has 6 nitrogen and oxygen atoms in total. The molecule has 0 aromatic carbocycles. The van der Waals surface area contributed by atoms with Gasteiger partial charge in [-0.05, 0) is 32.6 Å². The zero-order chi connectivity index (χ0) is 18.0. The van der Waals surface area contributed by atoms with Crippen molar-refractivity contribution in [2.75, 3.05) is 32.8 Å². The maximum absolute atomic E-state index is 13.0. The summed E-state index contributed by atoms with van der Waals surface area (Å²) in [5.74, 6) is 2.35. The molecule has 25 heavy (non-hydrogen) atoms. The number of ether oxygens (including phenoxy) is 1. The Balaban J connectivity index is 1.53. The Morgan fingerprint density at radius 3 is 2.56 bits per heavy atom. The third-order valence-electron chi connectivity index (χ3n) is 5.46. The number of amides is 1. The zero-order valence-electron chi connectivity index (χ0n) is 16.0. The summed E-state index contributed by atoms with van der Waals surface area (Å²) in [7, 11) is 0. The van der Waals surface area contributed by atoms with Crippen LogP contribution in [-0.2, 0) is 16.1 Å². The van der Waals surface area contributed by atoms with E-state index in [1.165, 1.54) is 0 Å². The Morgan fingerprint density at radius 1 is 1.24 bits per heavy atom. The summed E-state index contributed by atoms with van der Waals surface area (Å²) in [6.07, 6.45) is 2.01. The van der Waals surface area contributed by atoms with Crippen molar-refractivity contribution in [3.63, 3.8) is 0 Å². The molecule has 2 aliphatic heterocycles. The highest BCUT2D eigenvalue weighted by Gasteiger charge is 2.37. The largest absolute Gasteiger partial charge is 0.444 e. The molecular formula is C19H31N3O3. The fourth-order valence-corrected chi connectivity index (χ4v) is 3.88. The number of aryl methyl sites for hydroxylation is 2. The average Bonchev–Trinajstić information content (AvgIpc) is 2.92. The highest BCUT2D eigenvalue weighted by molar-refractivity contribution is 5.79. The van der Waals surface area contributed by atoms with E-state index in [-0.39, 0.29) is 17.9 Å². The van der Waals surface area contributed by atoms with E-state index in [2.05, 4.69) is 23.7 Å². The van der Waals surface area contributed by atoms with Crippen LogP contribution in [0.1, 0.15) is 44.0 Å². The summed E-state index contributed by atoms with van der Waals surface area (Å²) in [6.45, 7) is 13.0. The molecule has 3 rings (SSSR count). The minimum atomic E-state index is 0.0253. The Hall–Kier alpha value is -1.40. The highest BCUT2D eigenvalue weighted by Crippen LogP contribution is 2.28. The maximum atomic E-state index is 13.0. The molecule has 2 atom stereocenters. The minimum absolute atomic E-state index is 0.0253. The van der Waals surface area contributed by atoms with E-state index in [1.807, 2.05) is 18.7 Å². The van der Waals surface area contributed by atoms with Gasteiger partial charge in [-0.3, -0.25) is 9.69 Å². The first-order valence-corrected chi connectivity index (χ1v) is 9.51. The lowest BCUT2D eigenvalue weighted by molar-refractivity contribution is -0.149. The van der Waals surface area contributed by atoms with Crippen LogP contribution in [0.3, 0.4) is 0 Å². The van der Waals surface area contributed by atoms with Gasteiger partial charge < -0.3 is 14.1 Å². The van der Waals surface area contributed by atoms with Crippen LogP contribution >= 0.6 is 0 Å². The van der Waals surface area contributed by atoms with E-state index in [4.69, 9.17) is 9.15 Å². The molecule has 0 N–H and O–H groups in total. The fraction of sp³-hybridized carbons (Fsp3) is 0.789. The van der Waals surface area contributed by atoms with Gasteiger partial charge in [-0.1, -0.05) is 13.8 Å². The summed E-state index contributed by atoms with van der Waals surface area (Å²) in [5, 5.41) is 0. The van der Waals surface area contributed by atoms with Crippen molar-refractivity contribution < 1.29 is 13.9 Å². The molecule has 2 unspecified atom stereocenters. The van der Waals surface area contributed by atoms with Crippen LogP contribution in [0, 0.1) is 25.7 Å². The van der Waals surface area contributed by atoms with Gasteiger partial charge in [-0.25, -0.2) is 4.98 Å². The standard InChI is InChI=1S/C19H31N3O3/c1-13(2)18-16(6-5-11-24-18)19(23)22-9-7-21(8-10-22)12-17-20-14(3)15(4)25-17/h13,16,18H,5-12H2,1-4H3. The smallest absolute Gasteiger partial charge is 0.228 e. The fourth-order valence-electron chi connectivity index (χ4n) is 3.88. The van der Waals surface area contributed by atoms with Gasteiger partial charge in [-0.2, -0.15) is 0 Å². The van der Waals surface area contributed by atoms with Crippen molar-refractivity contribution in [1.82, 2.24) is 14.8 Å². The van der Waals surface area contributed by atoms with Gasteiger partial charge in [0.05, 0.1) is 24.3 Å². The van der Waals surface area contributed by atoms with Crippen LogP contribution in [0.5, 0.6) is 0 Å².